The number of carbonyl (C=O) groups is 1. The van der Waals surface area contributed by atoms with E-state index in [2.05, 4.69) is 4.74 Å². The maximum atomic E-state index is 13.2. The van der Waals surface area contributed by atoms with Gasteiger partial charge < -0.3 is 4.74 Å². The van der Waals surface area contributed by atoms with Crippen LogP contribution in [-0.4, -0.2) is 18.1 Å². The number of hydrogen-bond acceptors (Lipinski definition) is 2. The van der Waals surface area contributed by atoms with E-state index in [0.29, 0.717) is 12.5 Å². The molecule has 0 saturated carbocycles. The summed E-state index contributed by atoms with van der Waals surface area (Å²) in [4.78, 5) is 10.7. The molecule has 0 spiro atoms. The van der Waals surface area contributed by atoms with E-state index in [-0.39, 0.29) is 6.42 Å². The lowest BCUT2D eigenvalue weighted by molar-refractivity contribution is -0.275. The molecule has 0 aromatic rings. The van der Waals surface area contributed by atoms with E-state index < -0.39 is 23.8 Å². The maximum absolute atomic E-state index is 13.2. The second kappa shape index (κ2) is 9.00. The van der Waals surface area contributed by atoms with Crippen molar-refractivity contribution in [2.45, 2.75) is 70.9 Å². The molecule has 0 N–H and O–H groups in total. The predicted octanol–water partition coefficient (Wildman–Crippen LogP) is 5.38. The second-order valence-corrected chi connectivity index (χ2v) is 4.79. The summed E-state index contributed by atoms with van der Waals surface area (Å²) in [6, 6.07) is 0. The van der Waals surface area contributed by atoms with E-state index in [1.54, 1.807) is 0 Å². The highest BCUT2D eigenvalue weighted by Gasteiger charge is 2.61. The Morgan fingerprint density at radius 1 is 1.00 bits per heavy atom. The lowest BCUT2D eigenvalue weighted by atomic mass is 10.1. The topological polar surface area (TPSA) is 26.3 Å². The second-order valence-electron chi connectivity index (χ2n) is 4.79. The zero-order chi connectivity index (χ0) is 16.5. The minimum atomic E-state index is -5.78. The molecular weight excluding hydrogens is 295 g/mol. The van der Waals surface area contributed by atoms with Crippen LogP contribution in [0.15, 0.2) is 11.8 Å². The molecule has 0 fully saturated rings. The van der Waals surface area contributed by atoms with Crippen LogP contribution in [0.5, 0.6) is 0 Å². The van der Waals surface area contributed by atoms with Crippen molar-refractivity contribution in [1.29, 1.82) is 0 Å². The fourth-order valence-corrected chi connectivity index (χ4v) is 1.69. The number of unbranched alkanes of at least 4 members (excludes halogenated alkanes) is 6. The van der Waals surface area contributed by atoms with Crippen molar-refractivity contribution in [2.24, 2.45) is 0 Å². The van der Waals surface area contributed by atoms with E-state index in [1.807, 2.05) is 6.92 Å². The van der Waals surface area contributed by atoms with Gasteiger partial charge in [0, 0.05) is 6.92 Å². The highest BCUT2D eigenvalue weighted by atomic mass is 19.4. The molecule has 0 aromatic heterocycles. The van der Waals surface area contributed by atoms with Crippen LogP contribution in [0.1, 0.15) is 58.8 Å². The first-order valence-corrected chi connectivity index (χ1v) is 6.96. The van der Waals surface area contributed by atoms with Crippen LogP contribution in [-0.2, 0) is 9.53 Å². The highest BCUT2D eigenvalue weighted by Crippen LogP contribution is 2.41. The Balaban J connectivity index is 4.55. The predicted molar refractivity (Wildman–Crippen MR) is 68.8 cm³/mol. The van der Waals surface area contributed by atoms with Crippen LogP contribution < -0.4 is 0 Å². The number of hydrogen-bond donors (Lipinski definition) is 0. The molecule has 0 saturated heterocycles. The van der Waals surface area contributed by atoms with Crippen molar-refractivity contribution < 1.29 is 31.5 Å². The average molecular weight is 316 g/mol. The third kappa shape index (κ3) is 7.43. The molecule has 0 rings (SSSR count). The van der Waals surface area contributed by atoms with Gasteiger partial charge in [0.15, 0.2) is 5.76 Å². The first-order chi connectivity index (χ1) is 9.63. The molecule has 7 heteroatoms. The van der Waals surface area contributed by atoms with E-state index in [9.17, 15) is 26.7 Å². The summed E-state index contributed by atoms with van der Waals surface area (Å²) in [7, 11) is 0. The van der Waals surface area contributed by atoms with Crippen molar-refractivity contribution in [2.75, 3.05) is 0 Å². The van der Waals surface area contributed by atoms with Gasteiger partial charge in [0.2, 0.25) is 0 Å². The zero-order valence-corrected chi connectivity index (χ0v) is 12.2. The minimum Gasteiger partial charge on any atom is -0.425 e. The lowest BCUT2D eigenvalue weighted by Gasteiger charge is -2.21. The van der Waals surface area contributed by atoms with Crippen LogP contribution in [0, 0.1) is 0 Å². The molecule has 2 nitrogen and oxygen atoms in total. The summed E-state index contributed by atoms with van der Waals surface area (Å²) in [5.74, 6) is -7.98. The first-order valence-electron chi connectivity index (χ1n) is 6.96. The third-order valence-electron chi connectivity index (χ3n) is 2.81. The van der Waals surface area contributed by atoms with Gasteiger partial charge in [-0.25, -0.2) is 0 Å². The Hall–Kier alpha value is -1.14. The molecule has 0 aliphatic heterocycles. The SMILES string of the molecule is CCCCCCCC/C=C(\OC(C)=O)C(F)(F)C(F)(F)F. The van der Waals surface area contributed by atoms with Crippen LogP contribution in [0.25, 0.3) is 0 Å². The molecule has 21 heavy (non-hydrogen) atoms. The Morgan fingerprint density at radius 2 is 1.52 bits per heavy atom. The van der Waals surface area contributed by atoms with Crippen LogP contribution >= 0.6 is 0 Å². The van der Waals surface area contributed by atoms with Crippen molar-refractivity contribution in [3.8, 4) is 0 Å². The summed E-state index contributed by atoms with van der Waals surface area (Å²) in [6.07, 6.45) is 0.152. The van der Waals surface area contributed by atoms with Gasteiger partial charge in [0.1, 0.15) is 0 Å². The van der Waals surface area contributed by atoms with Crippen molar-refractivity contribution in [1.82, 2.24) is 0 Å². The van der Waals surface area contributed by atoms with E-state index in [1.165, 1.54) is 0 Å². The number of carbonyl (C=O) groups excluding carboxylic acids is 1. The van der Waals surface area contributed by atoms with Gasteiger partial charge in [0.05, 0.1) is 0 Å². The molecule has 124 valence electrons. The van der Waals surface area contributed by atoms with E-state index in [4.69, 9.17) is 0 Å². The monoisotopic (exact) mass is 316 g/mol. The summed E-state index contributed by atoms with van der Waals surface area (Å²) in [5.41, 5.74) is 0. The number of esters is 1. The molecule has 0 bridgehead atoms. The van der Waals surface area contributed by atoms with Gasteiger partial charge in [-0.2, -0.15) is 22.0 Å². The number of halogens is 5. The number of allylic oxidation sites excluding steroid dienone is 2. The maximum Gasteiger partial charge on any atom is 0.461 e. The molecular formula is C14H21F5O2. The molecule has 0 atom stereocenters. The Bertz CT molecular complexity index is 348. The minimum absolute atomic E-state index is 0.0143. The van der Waals surface area contributed by atoms with Crippen molar-refractivity contribution in [3.63, 3.8) is 0 Å². The molecule has 0 unspecified atom stereocenters. The van der Waals surface area contributed by atoms with Crippen molar-refractivity contribution in [3.05, 3.63) is 11.8 Å². The fourth-order valence-electron chi connectivity index (χ4n) is 1.69. The zero-order valence-electron chi connectivity index (χ0n) is 12.2. The lowest BCUT2D eigenvalue weighted by Crippen LogP contribution is -2.39. The number of ether oxygens (including phenoxy) is 1. The van der Waals surface area contributed by atoms with Crippen LogP contribution in [0.4, 0.5) is 22.0 Å². The molecule has 0 amide bonds. The molecule has 0 aromatic carbocycles. The number of rotatable bonds is 9. The van der Waals surface area contributed by atoms with Crippen molar-refractivity contribution >= 4 is 5.97 Å². The van der Waals surface area contributed by atoms with E-state index >= 15 is 0 Å². The number of alkyl halides is 5. The smallest absolute Gasteiger partial charge is 0.425 e. The molecule has 0 heterocycles. The van der Waals surface area contributed by atoms with Crippen LogP contribution in [0.2, 0.25) is 0 Å². The average Bonchev–Trinajstić information content (AvgIpc) is 2.34. The normalized spacial score (nSPS) is 13.4. The van der Waals surface area contributed by atoms with Gasteiger partial charge in [-0.1, -0.05) is 39.0 Å². The largest absolute Gasteiger partial charge is 0.461 e. The van der Waals surface area contributed by atoms with Gasteiger partial charge >= 0.3 is 18.1 Å². The van der Waals surface area contributed by atoms with Gasteiger partial charge in [-0.15, -0.1) is 0 Å². The third-order valence-corrected chi connectivity index (χ3v) is 2.81. The van der Waals surface area contributed by atoms with E-state index in [0.717, 1.165) is 39.0 Å². The molecule has 0 aliphatic carbocycles. The quantitative estimate of drug-likeness (QED) is 0.247. The van der Waals surface area contributed by atoms with Crippen LogP contribution in [0.3, 0.4) is 0 Å². The highest BCUT2D eigenvalue weighted by molar-refractivity contribution is 5.67. The fraction of sp³-hybridized carbons (Fsp3) is 0.786. The Morgan fingerprint density at radius 3 is 2.00 bits per heavy atom. The Kier molecular flexibility index (Phi) is 8.51. The summed E-state index contributed by atoms with van der Waals surface area (Å²) >= 11 is 0. The summed E-state index contributed by atoms with van der Waals surface area (Å²) < 4.78 is 67.2. The molecule has 0 aliphatic rings. The summed E-state index contributed by atoms with van der Waals surface area (Å²) in [5, 5.41) is 0. The standard InChI is InChI=1S/C14H21F5O2/c1-3-4-5-6-7-8-9-10-12(21-11(2)20)13(15,16)14(17,18)19/h10H,3-9H2,1-2H3/b12-10-. The van der Waals surface area contributed by atoms with Gasteiger partial charge in [-0.3, -0.25) is 4.79 Å². The van der Waals surface area contributed by atoms with Gasteiger partial charge in [0.25, 0.3) is 0 Å². The summed E-state index contributed by atoms with van der Waals surface area (Å²) in [6.45, 7) is 2.83. The molecule has 0 radical (unpaired) electrons. The Labute approximate surface area is 121 Å². The van der Waals surface area contributed by atoms with Gasteiger partial charge in [-0.05, 0) is 18.9 Å². The first kappa shape index (κ1) is 19.9.